The van der Waals surface area contributed by atoms with Crippen LogP contribution in [0.5, 0.6) is 0 Å². The summed E-state index contributed by atoms with van der Waals surface area (Å²) in [7, 11) is 0. The van der Waals surface area contributed by atoms with Crippen LogP contribution in [0.15, 0.2) is 30.3 Å². The second-order valence-corrected chi connectivity index (χ2v) is 9.30. The molecule has 0 radical (unpaired) electrons. The Morgan fingerprint density at radius 3 is 1.94 bits per heavy atom. The van der Waals surface area contributed by atoms with Crippen molar-refractivity contribution in [3.63, 3.8) is 0 Å². The van der Waals surface area contributed by atoms with Crippen LogP contribution in [0.1, 0.15) is 46.1 Å². The van der Waals surface area contributed by atoms with Gasteiger partial charge in [-0.3, -0.25) is 14.4 Å². The number of amides is 3. The predicted octanol–water partition coefficient (Wildman–Crippen LogP) is 1.12. The fourth-order valence-electron chi connectivity index (χ4n) is 3.27. The zero-order valence-electron chi connectivity index (χ0n) is 20.3. The van der Waals surface area contributed by atoms with Gasteiger partial charge in [0.25, 0.3) is 0 Å². The van der Waals surface area contributed by atoms with Crippen LogP contribution in [0.3, 0.4) is 0 Å². The van der Waals surface area contributed by atoms with Crippen LogP contribution >= 0.6 is 12.6 Å². The lowest BCUT2D eigenvalue weighted by Crippen LogP contribution is -2.58. The van der Waals surface area contributed by atoms with Gasteiger partial charge in [-0.05, 0) is 23.8 Å². The first-order chi connectivity index (χ1) is 16.0. The van der Waals surface area contributed by atoms with E-state index < -0.39 is 47.9 Å². The number of nitrogens with one attached hydrogen (secondary N) is 3. The molecule has 6 N–H and O–H groups in total. The molecule has 0 spiro atoms. The van der Waals surface area contributed by atoms with Gasteiger partial charge in [0.1, 0.15) is 18.1 Å². The summed E-state index contributed by atoms with van der Waals surface area (Å²) in [5.74, 6) is -2.88. The van der Waals surface area contributed by atoms with Crippen molar-refractivity contribution in [1.82, 2.24) is 16.0 Å². The van der Waals surface area contributed by atoms with Crippen LogP contribution in [-0.4, -0.2) is 58.7 Å². The number of nitrogens with two attached hydrogens (primary N) is 1. The Balaban J connectivity index is 3.02. The van der Waals surface area contributed by atoms with Gasteiger partial charge in [0.05, 0.1) is 6.04 Å². The van der Waals surface area contributed by atoms with Gasteiger partial charge in [0, 0.05) is 12.2 Å². The van der Waals surface area contributed by atoms with Crippen LogP contribution in [-0.2, 0) is 25.6 Å². The molecule has 0 aromatic heterocycles. The standard InChI is InChI=1S/C24H38N4O5S/c1-5-15(4)20(25)23(31)28-19(13-34)22(30)26-17(12-16-9-7-6-8-10-16)21(29)27-18(24(32)33)11-14(2)3/h6-10,14-15,17-20,34H,5,11-13,25H2,1-4H3,(H,26,30)(H,27,29)(H,28,31)(H,32,33). The highest BCUT2D eigenvalue weighted by molar-refractivity contribution is 7.80. The third-order valence-corrected chi connectivity index (χ3v) is 5.98. The first-order valence-electron chi connectivity index (χ1n) is 11.5. The van der Waals surface area contributed by atoms with Crippen molar-refractivity contribution in [1.29, 1.82) is 0 Å². The van der Waals surface area contributed by atoms with Crippen LogP contribution in [0, 0.1) is 11.8 Å². The maximum Gasteiger partial charge on any atom is 0.326 e. The maximum atomic E-state index is 13.0. The smallest absolute Gasteiger partial charge is 0.326 e. The van der Waals surface area contributed by atoms with Crippen LogP contribution in [0.25, 0.3) is 0 Å². The summed E-state index contributed by atoms with van der Waals surface area (Å²) < 4.78 is 0. The van der Waals surface area contributed by atoms with Gasteiger partial charge in [0.2, 0.25) is 17.7 Å². The van der Waals surface area contributed by atoms with E-state index in [0.717, 1.165) is 5.56 Å². The van der Waals surface area contributed by atoms with E-state index in [-0.39, 0.29) is 30.4 Å². The third-order valence-electron chi connectivity index (χ3n) is 5.61. The van der Waals surface area contributed by atoms with E-state index in [2.05, 4.69) is 28.6 Å². The molecule has 0 bridgehead atoms. The zero-order valence-corrected chi connectivity index (χ0v) is 21.2. The van der Waals surface area contributed by atoms with E-state index in [4.69, 9.17) is 5.73 Å². The average Bonchev–Trinajstić information content (AvgIpc) is 2.80. The lowest BCUT2D eigenvalue weighted by Gasteiger charge is -2.26. The zero-order chi connectivity index (χ0) is 25.8. The third kappa shape index (κ3) is 9.72. The molecule has 0 aliphatic heterocycles. The second kappa shape index (κ2) is 14.6. The van der Waals surface area contributed by atoms with E-state index in [9.17, 15) is 24.3 Å². The largest absolute Gasteiger partial charge is 0.480 e. The Morgan fingerprint density at radius 2 is 1.44 bits per heavy atom. The molecular formula is C24H38N4O5S. The van der Waals surface area contributed by atoms with Crippen molar-refractivity contribution in [2.75, 3.05) is 5.75 Å². The molecule has 1 rings (SSSR count). The number of thiol groups is 1. The molecule has 3 amide bonds. The molecule has 9 nitrogen and oxygen atoms in total. The number of hydrogen-bond donors (Lipinski definition) is 6. The summed E-state index contributed by atoms with van der Waals surface area (Å²) in [5.41, 5.74) is 6.74. The Bertz CT molecular complexity index is 821. The summed E-state index contributed by atoms with van der Waals surface area (Å²) >= 11 is 4.17. The van der Waals surface area contributed by atoms with Crippen LogP contribution < -0.4 is 21.7 Å². The molecule has 1 aromatic carbocycles. The molecule has 0 aliphatic carbocycles. The molecule has 0 fully saturated rings. The van der Waals surface area contributed by atoms with E-state index >= 15 is 0 Å². The SMILES string of the molecule is CCC(C)C(N)C(=O)NC(CS)C(=O)NC(Cc1ccccc1)C(=O)NC(CC(C)C)C(=O)O. The van der Waals surface area contributed by atoms with Crippen LogP contribution in [0.4, 0.5) is 0 Å². The maximum absolute atomic E-state index is 13.0. The first-order valence-corrected chi connectivity index (χ1v) is 12.2. The predicted molar refractivity (Wildman–Crippen MR) is 134 cm³/mol. The Kier molecular flexibility index (Phi) is 12.7. The van der Waals surface area contributed by atoms with E-state index in [0.29, 0.717) is 6.42 Å². The van der Waals surface area contributed by atoms with E-state index in [1.54, 1.807) is 24.3 Å². The highest BCUT2D eigenvalue weighted by Crippen LogP contribution is 2.09. The topological polar surface area (TPSA) is 151 Å². The summed E-state index contributed by atoms with van der Waals surface area (Å²) in [6.07, 6.45) is 1.09. The summed E-state index contributed by atoms with van der Waals surface area (Å²) in [6.45, 7) is 7.47. The Hall–Kier alpha value is -2.59. The number of aliphatic carboxylic acids is 1. The fourth-order valence-corrected chi connectivity index (χ4v) is 3.53. The van der Waals surface area contributed by atoms with E-state index in [1.165, 1.54) is 0 Å². The molecule has 0 saturated heterocycles. The second-order valence-electron chi connectivity index (χ2n) is 8.93. The van der Waals surface area contributed by atoms with Gasteiger partial charge >= 0.3 is 5.97 Å². The Morgan fingerprint density at radius 1 is 0.912 bits per heavy atom. The lowest BCUT2D eigenvalue weighted by molar-refractivity contribution is -0.142. The number of carboxylic acid groups (broad SMARTS) is 1. The van der Waals surface area contributed by atoms with Gasteiger partial charge < -0.3 is 26.8 Å². The van der Waals surface area contributed by atoms with Gasteiger partial charge in [-0.1, -0.05) is 64.4 Å². The molecule has 0 saturated carbocycles. The minimum absolute atomic E-state index is 0.00439. The minimum Gasteiger partial charge on any atom is -0.480 e. The highest BCUT2D eigenvalue weighted by Gasteiger charge is 2.31. The molecule has 34 heavy (non-hydrogen) atoms. The van der Waals surface area contributed by atoms with Crippen molar-refractivity contribution < 1.29 is 24.3 Å². The number of carbonyl (C=O) groups excluding carboxylic acids is 3. The number of carbonyl (C=O) groups is 4. The summed E-state index contributed by atoms with van der Waals surface area (Å²) in [5, 5.41) is 17.3. The number of hydrogen-bond acceptors (Lipinski definition) is 6. The quantitative estimate of drug-likeness (QED) is 0.213. The van der Waals surface area contributed by atoms with Crippen LogP contribution in [0.2, 0.25) is 0 Å². The molecular weight excluding hydrogens is 456 g/mol. The number of carboxylic acids is 1. The number of benzene rings is 1. The molecule has 5 atom stereocenters. The van der Waals surface area contributed by atoms with Crippen molar-refractivity contribution in [3.8, 4) is 0 Å². The fraction of sp³-hybridized carbons (Fsp3) is 0.583. The van der Waals surface area contributed by atoms with Gasteiger partial charge in [0.15, 0.2) is 0 Å². The number of rotatable bonds is 14. The molecule has 0 aliphatic rings. The van der Waals surface area contributed by atoms with E-state index in [1.807, 2.05) is 33.8 Å². The van der Waals surface area contributed by atoms with Gasteiger partial charge in [-0.2, -0.15) is 12.6 Å². The van der Waals surface area contributed by atoms with Gasteiger partial charge in [-0.25, -0.2) is 4.79 Å². The normalized spacial score (nSPS) is 15.5. The summed E-state index contributed by atoms with van der Waals surface area (Å²) in [4.78, 5) is 50.1. The lowest BCUT2D eigenvalue weighted by atomic mass is 9.99. The van der Waals surface area contributed by atoms with Crippen molar-refractivity contribution in [2.45, 2.75) is 71.1 Å². The molecule has 190 valence electrons. The Labute approximate surface area is 207 Å². The molecule has 10 heteroatoms. The summed E-state index contributed by atoms with van der Waals surface area (Å²) in [6, 6.07) is 5.11. The van der Waals surface area contributed by atoms with Gasteiger partial charge in [-0.15, -0.1) is 0 Å². The monoisotopic (exact) mass is 494 g/mol. The first kappa shape index (κ1) is 29.4. The molecule has 5 unspecified atom stereocenters. The average molecular weight is 495 g/mol. The molecule has 0 heterocycles. The van der Waals surface area contributed by atoms with Crippen molar-refractivity contribution in [3.05, 3.63) is 35.9 Å². The minimum atomic E-state index is -1.15. The highest BCUT2D eigenvalue weighted by atomic mass is 32.1. The van der Waals surface area contributed by atoms with Crippen molar-refractivity contribution >= 4 is 36.3 Å². The molecule has 1 aromatic rings. The van der Waals surface area contributed by atoms with Crippen molar-refractivity contribution in [2.24, 2.45) is 17.6 Å².